The third kappa shape index (κ3) is 4.48. The molecule has 1 spiro atoms. The summed E-state index contributed by atoms with van der Waals surface area (Å²) in [6, 6.07) is 63.8. The second kappa shape index (κ2) is 11.9. The number of hydrogen-bond acceptors (Lipinski definition) is 5. The first-order valence-electron chi connectivity index (χ1n) is 19.2. The maximum Gasteiger partial charge on any atom is 0.164 e. The number of hydrogen-bond donors (Lipinski definition) is 1. The molecule has 1 atom stereocenters. The zero-order valence-corrected chi connectivity index (χ0v) is 30.6. The highest BCUT2D eigenvalue weighted by molar-refractivity contribution is 6.20. The van der Waals surface area contributed by atoms with Crippen LogP contribution in [0.5, 0.6) is 0 Å². The summed E-state index contributed by atoms with van der Waals surface area (Å²) in [5.74, 6) is 1.91. The van der Waals surface area contributed by atoms with Gasteiger partial charge in [-0.25, -0.2) is 15.0 Å². The van der Waals surface area contributed by atoms with E-state index in [1.165, 1.54) is 44.5 Å². The van der Waals surface area contributed by atoms with Gasteiger partial charge in [0, 0.05) is 33.2 Å². The van der Waals surface area contributed by atoms with Crippen molar-refractivity contribution in [3.63, 3.8) is 0 Å². The van der Waals surface area contributed by atoms with Gasteiger partial charge in [-0.2, -0.15) is 0 Å². The highest BCUT2D eigenvalue weighted by Gasteiger charge is 2.52. The minimum Gasteiger partial charge on any atom is -0.456 e. The van der Waals surface area contributed by atoms with Crippen LogP contribution in [0.1, 0.15) is 22.3 Å². The molecule has 57 heavy (non-hydrogen) atoms. The van der Waals surface area contributed by atoms with Crippen molar-refractivity contribution < 1.29 is 4.42 Å². The Balaban J connectivity index is 1.15. The van der Waals surface area contributed by atoms with Crippen molar-refractivity contribution in [3.8, 4) is 67.5 Å². The summed E-state index contributed by atoms with van der Waals surface area (Å²) in [7, 11) is 0. The number of nitrogen functional groups attached to an aromatic ring is 1. The standard InChI is InChI=1S/C52H32N4O/c53-35-25-22-31(23-26-35)36-18-11-21-44-47(36)48-45(57-44)29-28-42-46(48)39-17-8-10-20-41(39)52(42)40-19-9-7-16-37(40)38-27-24-34(30-43(38)52)51-55-49(32-12-3-1-4-13-32)54-50(56-51)33-14-5-2-6-15-33/h1-30H,53H2. The molecule has 2 heterocycles. The zero-order chi connectivity index (χ0) is 37.7. The number of nitrogens with two attached hydrogens (primary N) is 1. The van der Waals surface area contributed by atoms with Crippen LogP contribution in [0.3, 0.4) is 0 Å². The first-order valence-corrected chi connectivity index (χ1v) is 19.2. The maximum atomic E-state index is 6.69. The van der Waals surface area contributed by atoms with Crippen molar-refractivity contribution in [3.05, 3.63) is 204 Å². The molecule has 10 aromatic rings. The minimum atomic E-state index is -0.598. The molecule has 2 aromatic heterocycles. The number of rotatable bonds is 4. The van der Waals surface area contributed by atoms with Crippen LogP contribution >= 0.6 is 0 Å². The Bertz CT molecular complexity index is 3190. The maximum absolute atomic E-state index is 6.69. The van der Waals surface area contributed by atoms with E-state index in [2.05, 4.69) is 109 Å². The molecule has 0 bridgehead atoms. The van der Waals surface area contributed by atoms with E-state index in [1.54, 1.807) is 0 Å². The molecule has 2 aliphatic carbocycles. The molecule has 266 valence electrons. The average Bonchev–Trinajstić information content (AvgIpc) is 3.91. The summed E-state index contributed by atoms with van der Waals surface area (Å²) >= 11 is 0. The molecule has 1 unspecified atom stereocenters. The molecular formula is C52H32N4O. The van der Waals surface area contributed by atoms with Crippen LogP contribution in [0.2, 0.25) is 0 Å². The van der Waals surface area contributed by atoms with E-state index in [-0.39, 0.29) is 0 Å². The Labute approximate surface area is 328 Å². The van der Waals surface area contributed by atoms with Gasteiger partial charge in [-0.1, -0.05) is 152 Å². The van der Waals surface area contributed by atoms with Crippen LogP contribution < -0.4 is 5.73 Å². The van der Waals surface area contributed by atoms with E-state index in [0.29, 0.717) is 17.5 Å². The van der Waals surface area contributed by atoms with E-state index in [9.17, 15) is 0 Å². The van der Waals surface area contributed by atoms with Crippen LogP contribution in [-0.4, -0.2) is 15.0 Å². The zero-order valence-electron chi connectivity index (χ0n) is 30.6. The lowest BCUT2D eigenvalue weighted by atomic mass is 9.70. The number of furan rings is 1. The molecule has 0 saturated heterocycles. The van der Waals surface area contributed by atoms with Crippen LogP contribution in [0.4, 0.5) is 5.69 Å². The van der Waals surface area contributed by atoms with Crippen molar-refractivity contribution in [2.45, 2.75) is 5.41 Å². The van der Waals surface area contributed by atoms with Crippen LogP contribution in [0.25, 0.3) is 89.5 Å². The van der Waals surface area contributed by atoms with Crippen molar-refractivity contribution in [2.24, 2.45) is 0 Å². The smallest absolute Gasteiger partial charge is 0.164 e. The monoisotopic (exact) mass is 728 g/mol. The van der Waals surface area contributed by atoms with Crippen molar-refractivity contribution in [1.29, 1.82) is 0 Å². The van der Waals surface area contributed by atoms with Gasteiger partial charge in [0.1, 0.15) is 11.2 Å². The molecule has 12 rings (SSSR count). The van der Waals surface area contributed by atoms with Gasteiger partial charge in [-0.3, -0.25) is 0 Å². The summed E-state index contributed by atoms with van der Waals surface area (Å²) in [6.45, 7) is 0. The van der Waals surface area contributed by atoms with Gasteiger partial charge in [0.15, 0.2) is 17.5 Å². The van der Waals surface area contributed by atoms with E-state index in [1.807, 2.05) is 72.8 Å². The van der Waals surface area contributed by atoms with E-state index in [0.717, 1.165) is 55.4 Å². The summed E-state index contributed by atoms with van der Waals surface area (Å²) in [6.07, 6.45) is 0. The molecule has 0 saturated carbocycles. The predicted octanol–water partition coefficient (Wildman–Crippen LogP) is 12.4. The summed E-state index contributed by atoms with van der Waals surface area (Å²) in [5, 5.41) is 2.23. The Morgan fingerprint density at radius 2 is 0.912 bits per heavy atom. The quantitative estimate of drug-likeness (QED) is 0.183. The SMILES string of the molecule is Nc1ccc(-c2cccc3oc4ccc5c(c4c23)-c2ccccc2C52c3ccccc3-c3ccc(-c4nc(-c5ccccc5)nc(-c5ccccc5)n4)cc32)cc1. The van der Waals surface area contributed by atoms with E-state index in [4.69, 9.17) is 25.1 Å². The third-order valence-electron chi connectivity index (χ3n) is 11.9. The van der Waals surface area contributed by atoms with Crippen LogP contribution in [0.15, 0.2) is 186 Å². The number of aromatic nitrogens is 3. The number of anilines is 1. The first kappa shape index (κ1) is 31.7. The molecule has 5 heteroatoms. The molecule has 0 radical (unpaired) electrons. The number of fused-ring (bicyclic) bond motifs is 14. The predicted molar refractivity (Wildman–Crippen MR) is 230 cm³/mol. The molecule has 5 nitrogen and oxygen atoms in total. The van der Waals surface area contributed by atoms with E-state index >= 15 is 0 Å². The van der Waals surface area contributed by atoms with Gasteiger partial charge in [0.25, 0.3) is 0 Å². The molecule has 2 N–H and O–H groups in total. The van der Waals surface area contributed by atoms with Gasteiger partial charge in [-0.15, -0.1) is 0 Å². The topological polar surface area (TPSA) is 77.8 Å². The number of nitrogens with zero attached hydrogens (tertiary/aromatic N) is 3. The van der Waals surface area contributed by atoms with Crippen molar-refractivity contribution in [1.82, 2.24) is 15.0 Å². The first-order chi connectivity index (χ1) is 28.2. The Morgan fingerprint density at radius 1 is 0.368 bits per heavy atom. The summed E-state index contributed by atoms with van der Waals surface area (Å²) < 4.78 is 6.69. The van der Waals surface area contributed by atoms with Gasteiger partial charge < -0.3 is 10.2 Å². The molecule has 8 aromatic carbocycles. The lowest BCUT2D eigenvalue weighted by Crippen LogP contribution is -2.25. The third-order valence-corrected chi connectivity index (χ3v) is 11.9. The van der Waals surface area contributed by atoms with Gasteiger partial charge in [0.05, 0.1) is 5.41 Å². The average molecular weight is 729 g/mol. The Kier molecular flexibility index (Phi) is 6.64. The molecule has 0 aliphatic heterocycles. The van der Waals surface area contributed by atoms with Gasteiger partial charge in [-0.05, 0) is 86.0 Å². The van der Waals surface area contributed by atoms with Gasteiger partial charge in [0.2, 0.25) is 0 Å². The number of benzene rings is 8. The fourth-order valence-corrected chi connectivity index (χ4v) is 9.51. The molecule has 0 amide bonds. The van der Waals surface area contributed by atoms with Crippen molar-refractivity contribution in [2.75, 3.05) is 5.73 Å². The largest absolute Gasteiger partial charge is 0.456 e. The highest BCUT2D eigenvalue weighted by Crippen LogP contribution is 2.64. The van der Waals surface area contributed by atoms with Gasteiger partial charge >= 0.3 is 0 Å². The summed E-state index contributed by atoms with van der Waals surface area (Å²) in [4.78, 5) is 15.3. The van der Waals surface area contributed by atoms with Crippen LogP contribution in [-0.2, 0) is 5.41 Å². The fraction of sp³-hybridized carbons (Fsp3) is 0.0192. The minimum absolute atomic E-state index is 0.598. The second-order valence-electron chi connectivity index (χ2n) is 14.9. The molecule has 0 fully saturated rings. The van der Waals surface area contributed by atoms with Crippen LogP contribution in [0, 0.1) is 0 Å². The molecular weight excluding hydrogens is 697 g/mol. The Hall–Kier alpha value is -7.63. The van der Waals surface area contributed by atoms with Crippen molar-refractivity contribution >= 4 is 27.6 Å². The highest BCUT2D eigenvalue weighted by atomic mass is 16.3. The lowest BCUT2D eigenvalue weighted by molar-refractivity contribution is 0.668. The Morgan fingerprint density at radius 3 is 1.61 bits per heavy atom. The molecule has 2 aliphatic rings. The second-order valence-corrected chi connectivity index (χ2v) is 14.9. The normalized spacial score (nSPS) is 14.8. The summed E-state index contributed by atoms with van der Waals surface area (Å²) in [5.41, 5.74) is 22.8. The lowest BCUT2D eigenvalue weighted by Gasteiger charge is -2.30. The fourth-order valence-electron chi connectivity index (χ4n) is 9.51. The van der Waals surface area contributed by atoms with E-state index < -0.39 is 5.41 Å².